The van der Waals surface area contributed by atoms with Crippen LogP contribution in [0.1, 0.15) is 20.9 Å². The number of hydrogen-bond donors (Lipinski definition) is 2. The molecule has 146 valence electrons. The van der Waals surface area contributed by atoms with Crippen molar-refractivity contribution < 1.29 is 13.2 Å². The molecule has 9 heteroatoms. The average Bonchev–Trinajstić information content (AvgIpc) is 3.03. The third-order valence-corrected chi connectivity index (χ3v) is 6.51. The van der Waals surface area contributed by atoms with Crippen molar-refractivity contribution in [3.63, 3.8) is 0 Å². The first-order valence-corrected chi connectivity index (χ1v) is 11.1. The summed E-state index contributed by atoms with van der Waals surface area (Å²) in [7, 11) is -3.70. The summed E-state index contributed by atoms with van der Waals surface area (Å²) in [6.07, 6.45) is 0.561. The van der Waals surface area contributed by atoms with Crippen LogP contribution in [-0.2, 0) is 16.4 Å². The van der Waals surface area contributed by atoms with Gasteiger partial charge in [-0.1, -0.05) is 41.9 Å². The Balaban J connectivity index is 1.63. The standard InChI is InChI=1S/C19H18ClN3O3S2/c1-12-17(27-19(23-12)15-4-2-3-5-16(15)20)18(24)22-11-10-13-6-8-14(9-7-13)28(21,25)26/h2-9H,10-11H2,1H3,(H,22,24)(H2,21,25,26). The Morgan fingerprint density at radius 2 is 1.86 bits per heavy atom. The third kappa shape index (κ3) is 4.77. The van der Waals surface area contributed by atoms with Crippen LogP contribution < -0.4 is 10.5 Å². The molecule has 0 bridgehead atoms. The molecule has 1 amide bonds. The number of sulfonamides is 1. The number of nitrogens with one attached hydrogen (secondary N) is 1. The number of nitrogens with zero attached hydrogens (tertiary/aromatic N) is 1. The van der Waals surface area contributed by atoms with Gasteiger partial charge in [0.2, 0.25) is 10.0 Å². The fourth-order valence-corrected chi connectivity index (χ4v) is 4.42. The van der Waals surface area contributed by atoms with Gasteiger partial charge in [0.25, 0.3) is 5.91 Å². The Morgan fingerprint density at radius 3 is 2.50 bits per heavy atom. The first-order chi connectivity index (χ1) is 13.3. The molecule has 0 aliphatic carbocycles. The quantitative estimate of drug-likeness (QED) is 0.619. The van der Waals surface area contributed by atoms with E-state index in [-0.39, 0.29) is 10.8 Å². The number of carbonyl (C=O) groups is 1. The molecule has 0 aliphatic heterocycles. The lowest BCUT2D eigenvalue weighted by Crippen LogP contribution is -2.25. The van der Waals surface area contributed by atoms with Crippen LogP contribution in [0.4, 0.5) is 0 Å². The van der Waals surface area contributed by atoms with Gasteiger partial charge >= 0.3 is 0 Å². The molecule has 1 aromatic heterocycles. The summed E-state index contributed by atoms with van der Waals surface area (Å²) >= 11 is 7.51. The summed E-state index contributed by atoms with van der Waals surface area (Å²) in [6, 6.07) is 13.6. The van der Waals surface area contributed by atoms with Gasteiger partial charge in [-0.3, -0.25) is 4.79 Å². The number of aryl methyl sites for hydroxylation is 1. The minimum absolute atomic E-state index is 0.0627. The lowest BCUT2D eigenvalue weighted by atomic mass is 10.1. The van der Waals surface area contributed by atoms with Crippen molar-refractivity contribution in [2.45, 2.75) is 18.2 Å². The maximum atomic E-state index is 12.5. The molecule has 0 radical (unpaired) electrons. The summed E-state index contributed by atoms with van der Waals surface area (Å²) in [5.74, 6) is -0.200. The van der Waals surface area contributed by atoms with Crippen LogP contribution in [0.15, 0.2) is 53.4 Å². The van der Waals surface area contributed by atoms with Crippen molar-refractivity contribution in [3.05, 3.63) is 69.7 Å². The molecular formula is C19H18ClN3O3S2. The highest BCUT2D eigenvalue weighted by Crippen LogP contribution is 2.32. The van der Waals surface area contributed by atoms with E-state index >= 15 is 0 Å². The van der Waals surface area contributed by atoms with E-state index < -0.39 is 10.0 Å². The van der Waals surface area contributed by atoms with E-state index in [0.29, 0.717) is 33.6 Å². The van der Waals surface area contributed by atoms with Crippen LogP contribution in [0.2, 0.25) is 5.02 Å². The first-order valence-electron chi connectivity index (χ1n) is 8.38. The zero-order chi connectivity index (χ0) is 20.3. The van der Waals surface area contributed by atoms with E-state index in [4.69, 9.17) is 16.7 Å². The number of nitrogens with two attached hydrogens (primary N) is 1. The largest absolute Gasteiger partial charge is 0.351 e. The number of carbonyl (C=O) groups excluding carboxylic acids is 1. The van der Waals surface area contributed by atoms with Crippen LogP contribution in [0.25, 0.3) is 10.6 Å². The van der Waals surface area contributed by atoms with Crippen molar-refractivity contribution in [2.75, 3.05) is 6.54 Å². The van der Waals surface area contributed by atoms with Crippen molar-refractivity contribution in [2.24, 2.45) is 5.14 Å². The topological polar surface area (TPSA) is 102 Å². The van der Waals surface area contributed by atoms with Crippen molar-refractivity contribution in [1.29, 1.82) is 0 Å². The van der Waals surface area contributed by atoms with Crippen molar-refractivity contribution in [3.8, 4) is 10.6 Å². The molecule has 2 aromatic carbocycles. The molecule has 3 N–H and O–H groups in total. The monoisotopic (exact) mass is 435 g/mol. The normalized spacial score (nSPS) is 11.4. The summed E-state index contributed by atoms with van der Waals surface area (Å²) in [6.45, 7) is 2.20. The minimum Gasteiger partial charge on any atom is -0.351 e. The Morgan fingerprint density at radius 1 is 1.18 bits per heavy atom. The highest BCUT2D eigenvalue weighted by molar-refractivity contribution is 7.89. The second kappa shape index (κ2) is 8.40. The van der Waals surface area contributed by atoms with Gasteiger partial charge < -0.3 is 5.32 Å². The first kappa shape index (κ1) is 20.5. The molecule has 3 rings (SSSR count). The number of thiazole rings is 1. The molecule has 0 fully saturated rings. The van der Waals surface area contributed by atoms with Crippen molar-refractivity contribution >= 4 is 38.9 Å². The Hall–Kier alpha value is -2.26. The molecule has 0 atom stereocenters. The van der Waals surface area contributed by atoms with Crippen LogP contribution in [0.3, 0.4) is 0 Å². The average molecular weight is 436 g/mol. The highest BCUT2D eigenvalue weighted by atomic mass is 35.5. The van der Waals surface area contributed by atoms with Crippen LogP contribution in [-0.4, -0.2) is 25.9 Å². The molecule has 0 spiro atoms. The second-order valence-corrected chi connectivity index (χ2v) is 9.08. The Labute approximate surface area is 172 Å². The molecular weight excluding hydrogens is 418 g/mol. The van der Waals surface area contributed by atoms with Gasteiger partial charge in [-0.2, -0.15) is 0 Å². The zero-order valence-corrected chi connectivity index (χ0v) is 17.4. The van der Waals surface area contributed by atoms with Gasteiger partial charge in [-0.15, -0.1) is 11.3 Å². The van der Waals surface area contributed by atoms with Gasteiger partial charge in [0, 0.05) is 12.1 Å². The molecule has 0 saturated heterocycles. The maximum absolute atomic E-state index is 12.5. The molecule has 0 saturated carbocycles. The molecule has 3 aromatic rings. The summed E-state index contributed by atoms with van der Waals surface area (Å²) in [5, 5.41) is 9.24. The SMILES string of the molecule is Cc1nc(-c2ccccc2Cl)sc1C(=O)NCCc1ccc(S(N)(=O)=O)cc1. The number of primary sulfonamides is 1. The predicted molar refractivity (Wildman–Crippen MR) is 111 cm³/mol. The maximum Gasteiger partial charge on any atom is 0.263 e. The van der Waals surface area contributed by atoms with Gasteiger partial charge in [-0.25, -0.2) is 18.5 Å². The van der Waals surface area contributed by atoms with Gasteiger partial charge in [-0.05, 0) is 37.1 Å². The summed E-state index contributed by atoms with van der Waals surface area (Å²) < 4.78 is 22.5. The number of rotatable bonds is 6. The third-order valence-electron chi connectivity index (χ3n) is 4.06. The van der Waals surface area contributed by atoms with E-state index in [9.17, 15) is 13.2 Å². The second-order valence-electron chi connectivity index (χ2n) is 6.11. The van der Waals surface area contributed by atoms with Gasteiger partial charge in [0.1, 0.15) is 9.88 Å². The zero-order valence-electron chi connectivity index (χ0n) is 15.0. The lowest BCUT2D eigenvalue weighted by molar-refractivity contribution is 0.0957. The van der Waals surface area contributed by atoms with E-state index in [1.54, 1.807) is 25.1 Å². The Kier molecular flexibility index (Phi) is 6.14. The Bertz CT molecular complexity index is 1110. The number of halogens is 1. The molecule has 0 unspecified atom stereocenters. The van der Waals surface area contributed by atoms with Crippen molar-refractivity contribution in [1.82, 2.24) is 10.3 Å². The highest BCUT2D eigenvalue weighted by Gasteiger charge is 2.17. The van der Waals surface area contributed by atoms with E-state index in [1.165, 1.54) is 23.5 Å². The lowest BCUT2D eigenvalue weighted by Gasteiger charge is -2.05. The van der Waals surface area contributed by atoms with E-state index in [2.05, 4.69) is 10.3 Å². The molecule has 6 nitrogen and oxygen atoms in total. The molecule has 28 heavy (non-hydrogen) atoms. The minimum atomic E-state index is -3.70. The van der Waals surface area contributed by atoms with E-state index in [0.717, 1.165) is 11.1 Å². The summed E-state index contributed by atoms with van der Waals surface area (Å²) in [4.78, 5) is 17.6. The summed E-state index contributed by atoms with van der Waals surface area (Å²) in [5.41, 5.74) is 2.34. The number of aromatic nitrogens is 1. The van der Waals surface area contributed by atoms with Crippen LogP contribution in [0, 0.1) is 6.92 Å². The number of amides is 1. The molecule has 1 heterocycles. The molecule has 0 aliphatic rings. The smallest absolute Gasteiger partial charge is 0.263 e. The van der Waals surface area contributed by atoms with Gasteiger partial charge in [0.05, 0.1) is 15.6 Å². The fourth-order valence-electron chi connectivity index (χ4n) is 2.60. The van der Waals surface area contributed by atoms with Crippen LogP contribution in [0.5, 0.6) is 0 Å². The predicted octanol–water partition coefficient (Wildman–Crippen LogP) is 3.39. The fraction of sp³-hybridized carbons (Fsp3) is 0.158. The van der Waals surface area contributed by atoms with Crippen LogP contribution >= 0.6 is 22.9 Å². The van der Waals surface area contributed by atoms with Gasteiger partial charge in [0.15, 0.2) is 0 Å². The number of hydrogen-bond acceptors (Lipinski definition) is 5. The van der Waals surface area contributed by atoms with E-state index in [1.807, 2.05) is 18.2 Å². The number of benzene rings is 2.